The number of rotatable bonds is 3. The van der Waals surface area contributed by atoms with Crippen molar-refractivity contribution in [2.24, 2.45) is 0 Å². The summed E-state index contributed by atoms with van der Waals surface area (Å²) < 4.78 is 17.6. The number of likely N-dealkylation sites (tertiary alicyclic amines) is 1. The van der Waals surface area contributed by atoms with Crippen molar-refractivity contribution < 1.29 is 18.7 Å². The van der Waals surface area contributed by atoms with Gasteiger partial charge in [0.1, 0.15) is 5.82 Å². The third-order valence-corrected chi connectivity index (χ3v) is 3.61. The Balaban J connectivity index is 2.12. The van der Waals surface area contributed by atoms with Gasteiger partial charge in [-0.05, 0) is 43.5 Å². The summed E-state index contributed by atoms with van der Waals surface area (Å²) in [5.74, 6) is -0.835. The fraction of sp³-hybridized carbons (Fsp3) is 0.467. The summed E-state index contributed by atoms with van der Waals surface area (Å²) in [6.07, 6.45) is 2.92. The molecule has 0 spiro atoms. The maximum Gasteiger partial charge on any atom is 0.307 e. The lowest BCUT2D eigenvalue weighted by molar-refractivity contribution is -0.142. The minimum absolute atomic E-state index is 0.131. The Kier molecular flexibility index (Phi) is 4.71. The molecule has 108 valence electrons. The van der Waals surface area contributed by atoms with Crippen molar-refractivity contribution in [3.05, 3.63) is 35.6 Å². The Morgan fingerprint density at radius 2 is 2.00 bits per heavy atom. The second-order valence-corrected chi connectivity index (χ2v) is 4.94. The molecule has 0 N–H and O–H groups in total. The fourth-order valence-electron chi connectivity index (χ4n) is 2.51. The van der Waals surface area contributed by atoms with E-state index in [0.717, 1.165) is 19.3 Å². The number of halogens is 1. The number of esters is 1. The Labute approximate surface area is 117 Å². The normalized spacial score (nSPS) is 18.7. The van der Waals surface area contributed by atoms with Crippen molar-refractivity contribution >= 4 is 11.9 Å². The largest absolute Gasteiger partial charge is 0.469 e. The summed E-state index contributed by atoms with van der Waals surface area (Å²) in [5, 5.41) is 0. The Bertz CT molecular complexity index is 486. The van der Waals surface area contributed by atoms with Gasteiger partial charge in [0.15, 0.2) is 0 Å². The summed E-state index contributed by atoms with van der Waals surface area (Å²) in [4.78, 5) is 25.6. The van der Waals surface area contributed by atoms with Crippen molar-refractivity contribution in [2.45, 2.75) is 31.7 Å². The van der Waals surface area contributed by atoms with E-state index in [1.54, 1.807) is 4.90 Å². The molecule has 4 nitrogen and oxygen atoms in total. The van der Waals surface area contributed by atoms with E-state index < -0.39 is 0 Å². The van der Waals surface area contributed by atoms with Gasteiger partial charge in [0, 0.05) is 18.2 Å². The monoisotopic (exact) mass is 279 g/mol. The zero-order chi connectivity index (χ0) is 14.5. The second kappa shape index (κ2) is 6.50. The number of benzene rings is 1. The number of hydrogen-bond donors (Lipinski definition) is 0. The van der Waals surface area contributed by atoms with Crippen LogP contribution in [-0.2, 0) is 9.53 Å². The molecule has 1 fully saturated rings. The molecular formula is C15H18FNO3. The van der Waals surface area contributed by atoms with Gasteiger partial charge in [-0.2, -0.15) is 0 Å². The predicted octanol–water partition coefficient (Wildman–Crippen LogP) is 2.38. The minimum atomic E-state index is -0.369. The number of ether oxygens (including phenoxy) is 1. The molecule has 1 heterocycles. The van der Waals surface area contributed by atoms with Gasteiger partial charge in [-0.15, -0.1) is 0 Å². The summed E-state index contributed by atoms with van der Waals surface area (Å²) in [6.45, 7) is 0.623. The maximum absolute atomic E-state index is 12.9. The molecule has 20 heavy (non-hydrogen) atoms. The van der Waals surface area contributed by atoms with Gasteiger partial charge in [0.25, 0.3) is 5.91 Å². The summed E-state index contributed by atoms with van der Waals surface area (Å²) in [5.41, 5.74) is 0.447. The van der Waals surface area contributed by atoms with Crippen LogP contribution in [0.5, 0.6) is 0 Å². The topological polar surface area (TPSA) is 46.6 Å². The van der Waals surface area contributed by atoms with E-state index >= 15 is 0 Å². The van der Waals surface area contributed by atoms with Crippen LogP contribution >= 0.6 is 0 Å². The van der Waals surface area contributed by atoms with Gasteiger partial charge in [0.05, 0.1) is 13.5 Å². The molecule has 1 aliphatic rings. The van der Waals surface area contributed by atoms with E-state index in [2.05, 4.69) is 4.74 Å². The lowest BCUT2D eigenvalue weighted by Crippen LogP contribution is -2.44. The molecule has 1 atom stereocenters. The van der Waals surface area contributed by atoms with Gasteiger partial charge in [-0.3, -0.25) is 9.59 Å². The number of hydrogen-bond acceptors (Lipinski definition) is 3. The quantitative estimate of drug-likeness (QED) is 0.798. The van der Waals surface area contributed by atoms with Crippen LogP contribution in [0.25, 0.3) is 0 Å². The van der Waals surface area contributed by atoms with Crippen molar-refractivity contribution in [3.63, 3.8) is 0 Å². The molecule has 0 saturated carbocycles. The third kappa shape index (κ3) is 3.35. The van der Waals surface area contributed by atoms with Gasteiger partial charge in [-0.25, -0.2) is 4.39 Å². The zero-order valence-electron chi connectivity index (χ0n) is 11.5. The highest BCUT2D eigenvalue weighted by Crippen LogP contribution is 2.22. The standard InChI is InChI=1S/C15H18FNO3/c1-20-14(18)10-13-4-2-3-9-17(13)15(19)11-5-7-12(16)8-6-11/h5-8,13H,2-4,9-10H2,1H3. The molecule has 1 saturated heterocycles. The van der Waals surface area contributed by atoms with Crippen LogP contribution in [0.2, 0.25) is 0 Å². The first-order valence-electron chi connectivity index (χ1n) is 6.75. The predicted molar refractivity (Wildman–Crippen MR) is 71.7 cm³/mol. The highest BCUT2D eigenvalue weighted by molar-refractivity contribution is 5.94. The van der Waals surface area contributed by atoms with Crippen LogP contribution in [0, 0.1) is 5.82 Å². The highest BCUT2D eigenvalue weighted by Gasteiger charge is 2.29. The van der Waals surface area contributed by atoms with Crippen LogP contribution in [0.4, 0.5) is 4.39 Å². The molecule has 0 bridgehead atoms. The molecule has 2 rings (SSSR count). The van der Waals surface area contributed by atoms with Crippen molar-refractivity contribution in [3.8, 4) is 0 Å². The molecule has 5 heteroatoms. The average Bonchev–Trinajstić information content (AvgIpc) is 2.48. The van der Waals surface area contributed by atoms with Crippen LogP contribution in [0.3, 0.4) is 0 Å². The first-order chi connectivity index (χ1) is 9.61. The Hall–Kier alpha value is -1.91. The molecule has 0 aliphatic carbocycles. The maximum atomic E-state index is 12.9. The van der Waals surface area contributed by atoms with Gasteiger partial charge < -0.3 is 9.64 Å². The number of methoxy groups -OCH3 is 1. The SMILES string of the molecule is COC(=O)CC1CCCCN1C(=O)c1ccc(F)cc1. The average molecular weight is 279 g/mol. The number of carbonyl (C=O) groups excluding carboxylic acids is 2. The van der Waals surface area contributed by atoms with Crippen molar-refractivity contribution in [2.75, 3.05) is 13.7 Å². The van der Waals surface area contributed by atoms with Gasteiger partial charge in [0.2, 0.25) is 0 Å². The Morgan fingerprint density at radius 1 is 1.30 bits per heavy atom. The molecule has 0 aromatic heterocycles. The van der Waals surface area contributed by atoms with E-state index in [1.165, 1.54) is 31.4 Å². The molecular weight excluding hydrogens is 261 g/mol. The molecule has 0 radical (unpaired) electrons. The lowest BCUT2D eigenvalue weighted by Gasteiger charge is -2.35. The fourth-order valence-corrected chi connectivity index (χ4v) is 2.51. The van der Waals surface area contributed by atoms with E-state index in [1.807, 2.05) is 0 Å². The number of nitrogens with zero attached hydrogens (tertiary/aromatic N) is 1. The summed E-state index contributed by atoms with van der Waals surface area (Å²) in [6, 6.07) is 5.36. The summed E-state index contributed by atoms with van der Waals surface area (Å²) >= 11 is 0. The first kappa shape index (κ1) is 14.5. The van der Waals surface area contributed by atoms with E-state index in [-0.39, 0.29) is 30.2 Å². The third-order valence-electron chi connectivity index (χ3n) is 3.61. The van der Waals surface area contributed by atoms with Crippen LogP contribution in [-0.4, -0.2) is 36.5 Å². The van der Waals surface area contributed by atoms with E-state index in [4.69, 9.17) is 0 Å². The van der Waals surface area contributed by atoms with E-state index in [9.17, 15) is 14.0 Å². The number of amides is 1. The van der Waals surface area contributed by atoms with E-state index in [0.29, 0.717) is 12.1 Å². The molecule has 1 aromatic rings. The minimum Gasteiger partial charge on any atom is -0.469 e. The first-order valence-corrected chi connectivity index (χ1v) is 6.75. The van der Waals surface area contributed by atoms with Crippen LogP contribution < -0.4 is 0 Å². The molecule has 1 amide bonds. The van der Waals surface area contributed by atoms with Gasteiger partial charge in [-0.1, -0.05) is 0 Å². The number of piperidine rings is 1. The van der Waals surface area contributed by atoms with Crippen molar-refractivity contribution in [1.82, 2.24) is 4.90 Å². The zero-order valence-corrected chi connectivity index (χ0v) is 11.5. The van der Waals surface area contributed by atoms with Crippen LogP contribution in [0.1, 0.15) is 36.0 Å². The second-order valence-electron chi connectivity index (χ2n) is 4.94. The molecule has 1 aliphatic heterocycles. The van der Waals surface area contributed by atoms with Crippen molar-refractivity contribution in [1.29, 1.82) is 0 Å². The van der Waals surface area contributed by atoms with Crippen LogP contribution in [0.15, 0.2) is 24.3 Å². The smallest absolute Gasteiger partial charge is 0.307 e. The highest BCUT2D eigenvalue weighted by atomic mass is 19.1. The summed E-state index contributed by atoms with van der Waals surface area (Å²) in [7, 11) is 1.34. The number of carbonyl (C=O) groups is 2. The molecule has 1 unspecified atom stereocenters. The Morgan fingerprint density at radius 3 is 2.65 bits per heavy atom. The molecule has 1 aromatic carbocycles. The lowest BCUT2D eigenvalue weighted by atomic mass is 9.98. The van der Waals surface area contributed by atoms with Gasteiger partial charge >= 0.3 is 5.97 Å².